The van der Waals surface area contributed by atoms with Gasteiger partial charge in [0.05, 0.1) is 11.5 Å². The number of hydrogen-bond acceptors (Lipinski definition) is 4. The maximum absolute atomic E-state index is 13.2. The first-order valence-corrected chi connectivity index (χ1v) is 8.91. The lowest BCUT2D eigenvalue weighted by Gasteiger charge is -2.38. The van der Waals surface area contributed by atoms with Crippen LogP contribution < -0.4 is 10.2 Å². The van der Waals surface area contributed by atoms with Crippen molar-refractivity contribution in [2.24, 2.45) is 11.8 Å². The van der Waals surface area contributed by atoms with Crippen LogP contribution >= 0.6 is 0 Å². The summed E-state index contributed by atoms with van der Waals surface area (Å²) < 4.78 is 0. The van der Waals surface area contributed by atoms with Crippen LogP contribution in [0, 0.1) is 11.8 Å². The number of rotatable bonds is 3. The Hall–Kier alpha value is -1.43. The van der Waals surface area contributed by atoms with Gasteiger partial charge in [-0.25, -0.2) is 0 Å². The molecule has 3 N–H and O–H groups in total. The van der Waals surface area contributed by atoms with E-state index in [2.05, 4.69) is 11.4 Å². The van der Waals surface area contributed by atoms with E-state index in [-0.39, 0.29) is 42.5 Å². The lowest BCUT2D eigenvalue weighted by Crippen LogP contribution is -2.52. The van der Waals surface area contributed by atoms with Gasteiger partial charge in [-0.2, -0.15) is 0 Å². The molecule has 130 valence electrons. The molecule has 3 heterocycles. The van der Waals surface area contributed by atoms with E-state index in [4.69, 9.17) is 0 Å². The fourth-order valence-electron chi connectivity index (χ4n) is 5.49. The number of aliphatic hydroxyl groups is 2. The predicted octanol–water partition coefficient (Wildman–Crippen LogP) is 1.03. The molecule has 1 spiro atoms. The van der Waals surface area contributed by atoms with Gasteiger partial charge in [-0.15, -0.1) is 0 Å². The number of anilines is 1. The number of carbonyl (C=O) groups excluding carboxylic acids is 1. The summed E-state index contributed by atoms with van der Waals surface area (Å²) in [5.74, 6) is 0.510. The average molecular weight is 330 g/mol. The largest absolute Gasteiger partial charge is 0.396 e. The van der Waals surface area contributed by atoms with Gasteiger partial charge < -0.3 is 20.4 Å². The summed E-state index contributed by atoms with van der Waals surface area (Å²) in [5.41, 5.74) is 1.60. The van der Waals surface area contributed by atoms with Crippen LogP contribution in [0.5, 0.6) is 0 Å². The van der Waals surface area contributed by atoms with Crippen molar-refractivity contribution in [3.8, 4) is 0 Å². The summed E-state index contributed by atoms with van der Waals surface area (Å²) in [6.45, 7) is 1.90. The van der Waals surface area contributed by atoms with Crippen molar-refractivity contribution < 1.29 is 15.0 Å². The van der Waals surface area contributed by atoms with Gasteiger partial charge in [0.25, 0.3) is 0 Å². The van der Waals surface area contributed by atoms with Crippen molar-refractivity contribution in [1.29, 1.82) is 0 Å². The molecular weight excluding hydrogens is 304 g/mol. The first-order chi connectivity index (χ1) is 11.5. The highest BCUT2D eigenvalue weighted by molar-refractivity contribution is 6.08. The van der Waals surface area contributed by atoms with Crippen molar-refractivity contribution in [3.63, 3.8) is 0 Å². The summed E-state index contributed by atoms with van der Waals surface area (Å²) in [7, 11) is 1.86. The molecule has 2 bridgehead atoms. The number of fused-ring (bicyclic) bond motifs is 5. The van der Waals surface area contributed by atoms with E-state index in [0.717, 1.165) is 24.1 Å². The van der Waals surface area contributed by atoms with Crippen LogP contribution in [0.1, 0.15) is 31.7 Å². The molecule has 1 aromatic carbocycles. The lowest BCUT2D eigenvalue weighted by atomic mass is 9.73. The molecule has 24 heavy (non-hydrogen) atoms. The number of benzene rings is 1. The van der Waals surface area contributed by atoms with Crippen LogP contribution in [0.3, 0.4) is 0 Å². The number of hydrogen-bond donors (Lipinski definition) is 3. The Morgan fingerprint density at radius 2 is 2.17 bits per heavy atom. The zero-order chi connectivity index (χ0) is 17.1. The molecule has 1 amide bonds. The number of carbonyl (C=O) groups is 1. The van der Waals surface area contributed by atoms with E-state index in [0.29, 0.717) is 6.42 Å². The third-order valence-corrected chi connectivity index (χ3v) is 6.50. The Kier molecular flexibility index (Phi) is 3.71. The summed E-state index contributed by atoms with van der Waals surface area (Å²) in [6, 6.07) is 8.28. The highest BCUT2D eigenvalue weighted by Gasteiger charge is 2.62. The fourth-order valence-corrected chi connectivity index (χ4v) is 5.49. The number of nitrogens with zero attached hydrogens (tertiary/aromatic N) is 1. The standard InChI is InChI=1S/C19H26N2O3/c1-11(23)7-12-8-17-19(9-15(20-17)13(12)10-22)14-5-3-4-6-16(14)21(2)18(19)24/h3-6,11-13,15,17,20,22-23H,7-10H2,1-2H3/t11-,12+,13+,15-,17?,19+/m0/s1. The minimum Gasteiger partial charge on any atom is -0.396 e. The van der Waals surface area contributed by atoms with Gasteiger partial charge in [-0.3, -0.25) is 4.79 Å². The first kappa shape index (κ1) is 16.1. The van der Waals surface area contributed by atoms with Crippen molar-refractivity contribution in [2.45, 2.75) is 49.8 Å². The van der Waals surface area contributed by atoms with Gasteiger partial charge in [0.2, 0.25) is 5.91 Å². The smallest absolute Gasteiger partial charge is 0.239 e. The molecule has 3 aliphatic rings. The molecule has 5 heteroatoms. The molecular formula is C19H26N2O3. The van der Waals surface area contributed by atoms with Gasteiger partial charge in [0.15, 0.2) is 0 Å². The van der Waals surface area contributed by atoms with E-state index < -0.39 is 5.41 Å². The Labute approximate surface area is 142 Å². The van der Waals surface area contributed by atoms with Gasteiger partial charge >= 0.3 is 0 Å². The number of nitrogens with one attached hydrogen (secondary N) is 1. The van der Waals surface area contributed by atoms with Crippen LogP contribution in [0.4, 0.5) is 5.69 Å². The number of amides is 1. The summed E-state index contributed by atoms with van der Waals surface area (Å²) in [4.78, 5) is 15.0. The molecule has 0 radical (unpaired) electrons. The molecule has 4 rings (SSSR count). The van der Waals surface area contributed by atoms with Crippen LogP contribution in [0.15, 0.2) is 24.3 Å². The van der Waals surface area contributed by atoms with Crippen molar-refractivity contribution in [1.82, 2.24) is 5.32 Å². The normalized spacial score (nSPS) is 38.7. The monoisotopic (exact) mass is 330 g/mol. The number of piperidine rings is 1. The zero-order valence-corrected chi connectivity index (χ0v) is 14.3. The van der Waals surface area contributed by atoms with Crippen molar-refractivity contribution in [3.05, 3.63) is 29.8 Å². The Bertz CT molecular complexity index is 662. The highest BCUT2D eigenvalue weighted by atomic mass is 16.3. The minimum atomic E-state index is -0.517. The Morgan fingerprint density at radius 1 is 1.42 bits per heavy atom. The maximum Gasteiger partial charge on any atom is 0.239 e. The zero-order valence-electron chi connectivity index (χ0n) is 14.3. The number of para-hydroxylation sites is 1. The first-order valence-electron chi connectivity index (χ1n) is 8.91. The van der Waals surface area contributed by atoms with Crippen LogP contribution in [-0.2, 0) is 10.2 Å². The molecule has 3 aliphatic heterocycles. The second kappa shape index (κ2) is 5.55. The molecule has 5 nitrogen and oxygen atoms in total. The molecule has 6 atom stereocenters. The van der Waals surface area contributed by atoms with Gasteiger partial charge in [-0.1, -0.05) is 18.2 Å². The molecule has 1 aromatic rings. The van der Waals surface area contributed by atoms with Crippen LogP contribution in [-0.4, -0.2) is 48.0 Å². The second-order valence-corrected chi connectivity index (χ2v) is 7.81. The maximum atomic E-state index is 13.2. The van der Waals surface area contributed by atoms with E-state index >= 15 is 0 Å². The number of aliphatic hydroxyl groups excluding tert-OH is 2. The van der Waals surface area contributed by atoms with Gasteiger partial charge in [0, 0.05) is 37.3 Å². The predicted molar refractivity (Wildman–Crippen MR) is 91.8 cm³/mol. The van der Waals surface area contributed by atoms with Crippen LogP contribution in [0.2, 0.25) is 0 Å². The van der Waals surface area contributed by atoms with E-state index in [1.54, 1.807) is 11.8 Å². The van der Waals surface area contributed by atoms with Crippen LogP contribution in [0.25, 0.3) is 0 Å². The topological polar surface area (TPSA) is 72.8 Å². The summed E-state index contributed by atoms with van der Waals surface area (Å²) in [6.07, 6.45) is 1.86. The molecule has 0 aromatic heterocycles. The minimum absolute atomic E-state index is 0.0765. The molecule has 0 saturated carbocycles. The molecule has 1 unspecified atom stereocenters. The van der Waals surface area contributed by atoms with Crippen molar-refractivity contribution in [2.75, 3.05) is 18.6 Å². The van der Waals surface area contributed by atoms with Gasteiger partial charge in [0.1, 0.15) is 0 Å². The Morgan fingerprint density at radius 3 is 2.88 bits per heavy atom. The fraction of sp³-hybridized carbons (Fsp3) is 0.632. The molecule has 2 saturated heterocycles. The van der Waals surface area contributed by atoms with Crippen molar-refractivity contribution >= 4 is 11.6 Å². The van der Waals surface area contributed by atoms with Gasteiger partial charge in [-0.05, 0) is 43.7 Å². The third-order valence-electron chi connectivity index (χ3n) is 6.50. The highest BCUT2D eigenvalue weighted by Crippen LogP contribution is 2.54. The molecule has 0 aliphatic carbocycles. The summed E-state index contributed by atoms with van der Waals surface area (Å²) >= 11 is 0. The molecule has 2 fully saturated rings. The number of likely N-dealkylation sites (N-methyl/N-ethyl adjacent to an activating group) is 1. The van der Waals surface area contributed by atoms with E-state index in [9.17, 15) is 15.0 Å². The lowest BCUT2D eigenvalue weighted by molar-refractivity contribution is -0.123. The SMILES string of the molecule is C[C@H](O)C[C@@H]1CC2N[C@@H](C[C@]23C(=O)N(C)c2ccccc23)[C@@H]1CO. The van der Waals surface area contributed by atoms with E-state index in [1.165, 1.54) is 0 Å². The Balaban J connectivity index is 1.76. The summed E-state index contributed by atoms with van der Waals surface area (Å²) in [5, 5.41) is 23.4. The second-order valence-electron chi connectivity index (χ2n) is 7.81. The average Bonchev–Trinajstić information content (AvgIpc) is 2.97. The third kappa shape index (κ3) is 2.01. The van der Waals surface area contributed by atoms with E-state index in [1.807, 2.05) is 25.2 Å². The quantitative estimate of drug-likeness (QED) is 0.774.